The maximum Gasteiger partial charge on any atom is 0.311 e. The minimum Gasteiger partial charge on any atom is -0.465 e. The van der Waals surface area contributed by atoms with Crippen molar-refractivity contribution in [1.29, 1.82) is 0 Å². The van der Waals surface area contributed by atoms with Crippen LogP contribution in [0, 0.1) is 46.3 Å². The van der Waals surface area contributed by atoms with Crippen molar-refractivity contribution in [3.05, 3.63) is 0 Å². The Labute approximate surface area is 605 Å². The third-order valence-corrected chi connectivity index (χ3v) is 15.5. The summed E-state index contributed by atoms with van der Waals surface area (Å²) in [5.74, 6) is -0.729. The number of carbonyl (C=O) groups is 7. The van der Waals surface area contributed by atoms with Gasteiger partial charge in [0, 0.05) is 13.7 Å². The van der Waals surface area contributed by atoms with Crippen molar-refractivity contribution in [1.82, 2.24) is 0 Å². The highest BCUT2D eigenvalue weighted by atomic mass is 16.7. The first kappa shape index (κ1) is 114. The molecule has 0 aromatic rings. The van der Waals surface area contributed by atoms with E-state index in [1.54, 1.807) is 27.9 Å². The van der Waals surface area contributed by atoms with E-state index in [0.29, 0.717) is 64.3 Å². The molecule has 26 heteroatoms. The number of aliphatic hydroxyl groups is 8. The molecule has 0 radical (unpaired) electrons. The molecule has 13 atom stereocenters. The maximum atomic E-state index is 11.7. The van der Waals surface area contributed by atoms with E-state index in [-0.39, 0.29) is 139 Å². The molecule has 1 fully saturated rings. The molecule has 604 valence electrons. The van der Waals surface area contributed by atoms with Gasteiger partial charge in [-0.2, -0.15) is 0 Å². The Kier molecular flexibility index (Phi) is 83.6. The number of methoxy groups -OCH3 is 1. The number of ether oxygens (including phenoxy) is 11. The van der Waals surface area contributed by atoms with Gasteiger partial charge in [0.1, 0.15) is 50.8 Å². The minimum absolute atomic E-state index is 0. The first-order valence-corrected chi connectivity index (χ1v) is 35.6. The van der Waals surface area contributed by atoms with Gasteiger partial charge < -0.3 is 93.0 Å². The third-order valence-electron chi connectivity index (χ3n) is 15.5. The quantitative estimate of drug-likeness (QED) is 0.0161. The average molecular weight is 1460 g/mol. The maximum absolute atomic E-state index is 11.7. The lowest BCUT2D eigenvalue weighted by molar-refractivity contribution is -0.302. The highest BCUT2D eigenvalue weighted by Crippen LogP contribution is 2.24. The second-order valence-electron chi connectivity index (χ2n) is 25.5. The molecule has 100 heavy (non-hydrogen) atoms. The number of hydrogen-bond acceptors (Lipinski definition) is 26. The summed E-state index contributed by atoms with van der Waals surface area (Å²) in [6.45, 7) is 46.2. The van der Waals surface area contributed by atoms with Crippen molar-refractivity contribution >= 4 is 41.8 Å². The fraction of sp³-hybridized carbons (Fsp3) is 0.905. The molecular weight excluding hydrogens is 1300 g/mol. The molecule has 0 aliphatic carbocycles. The van der Waals surface area contributed by atoms with Gasteiger partial charge in [-0.25, -0.2) is 0 Å². The fourth-order valence-electron chi connectivity index (χ4n) is 5.65. The average Bonchev–Trinajstić information content (AvgIpc) is 0.822. The van der Waals surface area contributed by atoms with E-state index < -0.39 is 54.2 Å². The van der Waals surface area contributed by atoms with Crippen molar-refractivity contribution < 1.29 is 127 Å². The van der Waals surface area contributed by atoms with E-state index in [2.05, 4.69) is 11.7 Å². The summed E-state index contributed by atoms with van der Waals surface area (Å²) in [6, 6.07) is 0. The minimum atomic E-state index is -1.49. The van der Waals surface area contributed by atoms with Crippen LogP contribution in [0.4, 0.5) is 0 Å². The predicted molar refractivity (Wildman–Crippen MR) is 389 cm³/mol. The van der Waals surface area contributed by atoms with E-state index in [4.69, 9.17) is 72.9 Å². The Hall–Kier alpha value is -4.19. The van der Waals surface area contributed by atoms with E-state index in [1.807, 2.05) is 132 Å². The lowest BCUT2D eigenvalue weighted by Crippen LogP contribution is -2.59. The van der Waals surface area contributed by atoms with E-state index >= 15 is 0 Å². The Morgan fingerprint density at radius 1 is 0.420 bits per heavy atom. The molecule has 1 saturated heterocycles. The Morgan fingerprint density at radius 2 is 0.820 bits per heavy atom. The largest absolute Gasteiger partial charge is 0.465 e. The summed E-state index contributed by atoms with van der Waals surface area (Å²) in [6.07, 6.45) is 2.71. The molecule has 10 unspecified atom stereocenters. The normalized spacial score (nSPS) is 17.5. The lowest BCUT2D eigenvalue weighted by atomic mass is 9.91. The van der Waals surface area contributed by atoms with Gasteiger partial charge in [-0.15, -0.1) is 0 Å². The standard InChI is InChI=1S/C14H26O8.C10H20O3.C9H18O3.2C9H18O2.C8H16O3.C7H14O3.C6H14O2.2CH4/c1-4-14(2,3)13(19)21-6-5-20-12-11(18)10(17)9(16)8(7-15)22-12;1-5-8(11)7-13-9(12)10(3,4)6-2;1-3-8(2)9(11)12-7-5-4-6-10;1-5-8(4)9(10)11-6-7(2)3;1-5-7(3)9(10)11-8(4)6-2;1-4-7(2)8(9)11-6-5-10-3;1-3-6(2)7(9)10-5-4-8;1-3-6(2)8-5-4-7;;/h8-12,15-18H,4-7H2,1-3H3;8,11H,5-7H2,1-4H3;8,10H,3-7H2,1-2H3;2*7-8H,5-6H2,1-4H3;7H,4-6H2,1-3H3;6,8H,3-5H2,1-2H3;6-7H,3-5H2,1-2H3;2*1H4/t8?,9-,10?,11+,12-;;;;;;;;;/m0........./s1. The predicted octanol–water partition coefficient (Wildman–Crippen LogP) is 10.3. The van der Waals surface area contributed by atoms with Crippen LogP contribution in [0.3, 0.4) is 0 Å². The number of rotatable bonds is 39. The van der Waals surface area contributed by atoms with Crippen molar-refractivity contribution in [3.63, 3.8) is 0 Å². The second kappa shape index (κ2) is 73.1. The van der Waals surface area contributed by atoms with Gasteiger partial charge in [0.25, 0.3) is 0 Å². The Balaban J connectivity index is -0.000000138. The zero-order valence-electron chi connectivity index (χ0n) is 65.2. The third kappa shape index (κ3) is 64.6. The van der Waals surface area contributed by atoms with Gasteiger partial charge in [0.05, 0.1) is 112 Å². The van der Waals surface area contributed by atoms with Gasteiger partial charge in [-0.1, -0.05) is 133 Å². The molecule has 0 aromatic heterocycles. The number of hydrogen-bond donors (Lipinski definition) is 8. The molecule has 0 bridgehead atoms. The molecule has 1 aliphatic rings. The van der Waals surface area contributed by atoms with Crippen LogP contribution in [0.1, 0.15) is 251 Å². The number of esters is 7. The van der Waals surface area contributed by atoms with Crippen molar-refractivity contribution in [2.24, 2.45) is 46.3 Å². The highest BCUT2D eigenvalue weighted by molar-refractivity contribution is 5.76. The summed E-state index contributed by atoms with van der Waals surface area (Å²) >= 11 is 0. The number of aliphatic hydroxyl groups excluding tert-OH is 8. The molecule has 0 aromatic carbocycles. The van der Waals surface area contributed by atoms with Crippen molar-refractivity contribution in [2.75, 3.05) is 93.0 Å². The van der Waals surface area contributed by atoms with E-state index in [9.17, 15) is 48.9 Å². The summed E-state index contributed by atoms with van der Waals surface area (Å²) < 4.78 is 54.8. The molecule has 0 spiro atoms. The van der Waals surface area contributed by atoms with Gasteiger partial charge in [0.15, 0.2) is 6.29 Å². The fourth-order valence-corrected chi connectivity index (χ4v) is 5.65. The summed E-state index contributed by atoms with van der Waals surface area (Å²) in [7, 11) is 1.58. The zero-order valence-corrected chi connectivity index (χ0v) is 65.2. The van der Waals surface area contributed by atoms with Gasteiger partial charge in [-0.05, 0) is 125 Å². The van der Waals surface area contributed by atoms with Crippen LogP contribution in [0.15, 0.2) is 0 Å². The monoisotopic (exact) mass is 1460 g/mol. The molecule has 8 N–H and O–H groups in total. The lowest BCUT2D eigenvalue weighted by Gasteiger charge is -2.39. The van der Waals surface area contributed by atoms with Crippen molar-refractivity contribution in [2.45, 2.75) is 300 Å². The summed E-state index contributed by atoms with van der Waals surface area (Å²) in [5.41, 5.74) is -1.02. The Morgan fingerprint density at radius 3 is 1.19 bits per heavy atom. The summed E-state index contributed by atoms with van der Waals surface area (Å²) in [5, 5.41) is 72.2. The molecule has 1 rings (SSSR count). The summed E-state index contributed by atoms with van der Waals surface area (Å²) in [4.78, 5) is 78.1. The van der Waals surface area contributed by atoms with E-state index in [0.717, 1.165) is 57.8 Å². The number of carbonyl (C=O) groups excluding carboxylic acids is 7. The first-order valence-electron chi connectivity index (χ1n) is 35.6. The smallest absolute Gasteiger partial charge is 0.311 e. The van der Waals surface area contributed by atoms with Gasteiger partial charge in [0.2, 0.25) is 0 Å². The molecule has 1 aliphatic heterocycles. The number of unbranched alkanes of at least 4 members (excludes halogenated alkanes) is 1. The van der Waals surface area contributed by atoms with Crippen LogP contribution in [-0.2, 0) is 85.7 Å². The molecule has 26 nitrogen and oxygen atoms in total. The van der Waals surface area contributed by atoms with E-state index in [1.165, 1.54) is 0 Å². The van der Waals surface area contributed by atoms with Crippen molar-refractivity contribution in [3.8, 4) is 0 Å². The second-order valence-corrected chi connectivity index (χ2v) is 25.5. The van der Waals surface area contributed by atoms with Crippen LogP contribution in [0.25, 0.3) is 0 Å². The molecule has 1 heterocycles. The SMILES string of the molecule is C.C.CCC(C)(C)C(=O)OCCO[C@H]1OC(CO)[C@H](O)C(O)[C@H]1O.CCC(C)C(=O)OCC(C)C.CCC(C)C(=O)OCCCCO.CCC(C)C(=O)OCCO.CCC(C)C(=O)OCCOC.CCC(C)OC(=O)C(C)CC.CCC(C)OCCO.CCC(O)COC(=O)C(C)(C)CC. The zero-order chi connectivity index (χ0) is 77.6. The topological polar surface area (TPSA) is 383 Å². The van der Waals surface area contributed by atoms with Crippen LogP contribution in [-0.4, -0.2) is 225 Å². The molecular formula is C74H152O26. The molecule has 0 saturated carbocycles. The Bertz CT molecular complexity index is 1900. The van der Waals surface area contributed by atoms with Crippen LogP contribution in [0.2, 0.25) is 0 Å². The van der Waals surface area contributed by atoms with Crippen LogP contribution >= 0.6 is 0 Å². The van der Waals surface area contributed by atoms with Gasteiger partial charge >= 0.3 is 41.8 Å². The molecule has 0 amide bonds. The van der Waals surface area contributed by atoms with Crippen LogP contribution in [0.5, 0.6) is 0 Å². The highest BCUT2D eigenvalue weighted by Gasteiger charge is 2.44. The van der Waals surface area contributed by atoms with Crippen LogP contribution < -0.4 is 0 Å². The van der Waals surface area contributed by atoms with Gasteiger partial charge in [-0.3, -0.25) is 33.6 Å². The first-order chi connectivity index (χ1) is 45.8.